The van der Waals surface area contributed by atoms with E-state index in [4.69, 9.17) is 0 Å². The molecule has 0 unspecified atom stereocenters. The smallest absolute Gasteiger partial charge is 0 e. The Bertz CT molecular complexity index is 60.9. The molecule has 0 aromatic heterocycles. The first-order valence-electron chi connectivity index (χ1n) is 1.67. The topological polar surface area (TPSA) is 0 Å². The molecule has 0 saturated heterocycles. The zero-order valence-corrected chi connectivity index (χ0v) is 8.98. The van der Waals surface area contributed by atoms with Crippen molar-refractivity contribution in [1.29, 1.82) is 0 Å². The average Bonchev–Trinajstić information content (AvgIpc) is 1.76. The molecule has 46 valence electrons. The Kier molecular flexibility index (Phi) is 20.2. The van der Waals surface area contributed by atoms with E-state index in [-0.39, 0.29) is 40.7 Å². The van der Waals surface area contributed by atoms with Crippen LogP contribution in [-0.4, -0.2) is 0 Å². The monoisotopic (exact) mass is 275 g/mol. The molecule has 0 aliphatic rings. The van der Waals surface area contributed by atoms with Crippen LogP contribution in [0.1, 0.15) is 0 Å². The van der Waals surface area contributed by atoms with Crippen molar-refractivity contribution in [2.45, 2.75) is 0 Å². The summed E-state index contributed by atoms with van der Waals surface area (Å²) >= 11 is 0. The zero-order valence-electron chi connectivity index (χ0n) is 5.39. The zero-order chi connectivity index (χ0) is 3.54. The molecule has 0 saturated carbocycles. The third-order valence-electron chi connectivity index (χ3n) is 0.556. The van der Waals surface area contributed by atoms with Gasteiger partial charge in [-0.15, -0.1) is 0 Å². The SMILES string of the molecule is [CH3-].[CH3-].[Hf].c1cc[cH-]c1. The molecular formula is C7H11Hf-3. The molecule has 1 rings (SSSR count). The predicted molar refractivity (Wildman–Crippen MR) is 34.9 cm³/mol. The van der Waals surface area contributed by atoms with E-state index in [9.17, 15) is 0 Å². The largest absolute Gasteiger partial charge is 0.358 e. The van der Waals surface area contributed by atoms with E-state index in [1.807, 2.05) is 30.3 Å². The Hall–Kier alpha value is 0.220. The fourth-order valence-electron chi connectivity index (χ4n) is 0.321. The maximum absolute atomic E-state index is 2.00. The van der Waals surface area contributed by atoms with Crippen molar-refractivity contribution in [2.24, 2.45) is 0 Å². The molecule has 0 aliphatic carbocycles. The first-order chi connectivity index (χ1) is 2.50. The molecule has 0 heterocycles. The summed E-state index contributed by atoms with van der Waals surface area (Å²) in [5, 5.41) is 0. The summed E-state index contributed by atoms with van der Waals surface area (Å²) in [6.45, 7) is 0. The third-order valence-corrected chi connectivity index (χ3v) is 0.556. The molecule has 8 heavy (non-hydrogen) atoms. The second-order valence-electron chi connectivity index (χ2n) is 0.962. The van der Waals surface area contributed by atoms with Gasteiger partial charge in [-0.25, -0.2) is 12.1 Å². The molecule has 1 heteroatoms. The summed E-state index contributed by atoms with van der Waals surface area (Å²) in [5.74, 6) is 0. The normalized spacial score (nSPS) is 5.00. The van der Waals surface area contributed by atoms with Gasteiger partial charge in [0.25, 0.3) is 0 Å². The fourth-order valence-corrected chi connectivity index (χ4v) is 0.321. The van der Waals surface area contributed by atoms with Crippen LogP contribution in [-0.2, 0) is 25.8 Å². The molecule has 0 spiro atoms. The standard InChI is InChI=1S/C5H5.2CH3.Hf/c1-2-4-5-3-1;;;/h1-5H;2*1H3;/q3*-1;. The van der Waals surface area contributed by atoms with Crippen LogP contribution in [0.3, 0.4) is 0 Å². The van der Waals surface area contributed by atoms with Gasteiger partial charge in [-0.05, 0) is 0 Å². The Morgan fingerprint density at radius 2 is 1.25 bits per heavy atom. The molecule has 0 aliphatic heterocycles. The first-order valence-corrected chi connectivity index (χ1v) is 1.67. The van der Waals surface area contributed by atoms with Gasteiger partial charge >= 0.3 is 0 Å². The maximum Gasteiger partial charge on any atom is 0 e. The van der Waals surface area contributed by atoms with Gasteiger partial charge < -0.3 is 14.9 Å². The van der Waals surface area contributed by atoms with Gasteiger partial charge in [-0.1, -0.05) is 0 Å². The van der Waals surface area contributed by atoms with E-state index in [1.54, 1.807) is 0 Å². The van der Waals surface area contributed by atoms with E-state index >= 15 is 0 Å². The van der Waals surface area contributed by atoms with Crippen LogP contribution in [0.15, 0.2) is 30.3 Å². The Labute approximate surface area is 71.1 Å². The molecule has 1 aromatic rings. The molecule has 1 aromatic carbocycles. The van der Waals surface area contributed by atoms with Crippen molar-refractivity contribution in [2.75, 3.05) is 0 Å². The number of rotatable bonds is 0. The van der Waals surface area contributed by atoms with Gasteiger partial charge in [-0.3, -0.25) is 0 Å². The Morgan fingerprint density at radius 1 is 0.875 bits per heavy atom. The number of hydrogen-bond donors (Lipinski definition) is 0. The van der Waals surface area contributed by atoms with Crippen molar-refractivity contribution in [3.8, 4) is 0 Å². The summed E-state index contributed by atoms with van der Waals surface area (Å²) < 4.78 is 0. The minimum Gasteiger partial charge on any atom is -0.358 e. The first kappa shape index (κ1) is 15.7. The molecular weight excluding hydrogens is 263 g/mol. The minimum absolute atomic E-state index is 0. The van der Waals surface area contributed by atoms with Crippen LogP contribution in [0.4, 0.5) is 0 Å². The molecule has 0 radical (unpaired) electrons. The van der Waals surface area contributed by atoms with Gasteiger partial charge in [0.1, 0.15) is 0 Å². The third kappa shape index (κ3) is 6.22. The molecule has 0 nitrogen and oxygen atoms in total. The van der Waals surface area contributed by atoms with E-state index < -0.39 is 0 Å². The summed E-state index contributed by atoms with van der Waals surface area (Å²) in [4.78, 5) is 0. The van der Waals surface area contributed by atoms with Crippen LogP contribution in [0.5, 0.6) is 0 Å². The van der Waals surface area contributed by atoms with Gasteiger partial charge in [0.05, 0.1) is 0 Å². The Balaban J connectivity index is -0.0000000833. The van der Waals surface area contributed by atoms with Crippen LogP contribution in [0.25, 0.3) is 0 Å². The van der Waals surface area contributed by atoms with Gasteiger partial charge in [0.15, 0.2) is 0 Å². The van der Waals surface area contributed by atoms with Crippen molar-refractivity contribution >= 4 is 0 Å². The van der Waals surface area contributed by atoms with E-state index in [2.05, 4.69) is 0 Å². The predicted octanol–water partition coefficient (Wildman–Crippen LogP) is 2.30. The van der Waals surface area contributed by atoms with Gasteiger partial charge in [0.2, 0.25) is 0 Å². The quantitative estimate of drug-likeness (QED) is 0.503. The Morgan fingerprint density at radius 3 is 1.38 bits per heavy atom. The molecule has 0 atom stereocenters. The van der Waals surface area contributed by atoms with Crippen molar-refractivity contribution in [3.63, 3.8) is 0 Å². The number of hydrogen-bond acceptors (Lipinski definition) is 0. The van der Waals surface area contributed by atoms with Crippen molar-refractivity contribution in [1.82, 2.24) is 0 Å². The summed E-state index contributed by atoms with van der Waals surface area (Å²) in [6.07, 6.45) is 0. The maximum atomic E-state index is 2.00. The second-order valence-corrected chi connectivity index (χ2v) is 0.962. The molecule has 0 N–H and O–H groups in total. The van der Waals surface area contributed by atoms with Gasteiger partial charge in [0, 0.05) is 25.8 Å². The van der Waals surface area contributed by atoms with E-state index in [0.717, 1.165) is 0 Å². The second kappa shape index (κ2) is 10.3. The minimum atomic E-state index is 0. The summed E-state index contributed by atoms with van der Waals surface area (Å²) in [6, 6.07) is 10.0. The van der Waals surface area contributed by atoms with Crippen LogP contribution >= 0.6 is 0 Å². The van der Waals surface area contributed by atoms with Crippen LogP contribution in [0.2, 0.25) is 0 Å². The molecule has 0 amide bonds. The van der Waals surface area contributed by atoms with E-state index in [0.29, 0.717) is 0 Å². The summed E-state index contributed by atoms with van der Waals surface area (Å²) in [5.41, 5.74) is 0. The molecule has 0 bridgehead atoms. The van der Waals surface area contributed by atoms with E-state index in [1.165, 1.54) is 0 Å². The summed E-state index contributed by atoms with van der Waals surface area (Å²) in [7, 11) is 0. The fraction of sp³-hybridized carbons (Fsp3) is 0. The van der Waals surface area contributed by atoms with Crippen molar-refractivity contribution in [3.05, 3.63) is 45.2 Å². The van der Waals surface area contributed by atoms with Gasteiger partial charge in [-0.2, -0.15) is 18.2 Å². The average molecular weight is 274 g/mol. The molecule has 0 fully saturated rings. The van der Waals surface area contributed by atoms with Crippen molar-refractivity contribution < 1.29 is 25.8 Å². The van der Waals surface area contributed by atoms with Crippen LogP contribution in [0, 0.1) is 14.9 Å². The van der Waals surface area contributed by atoms with Crippen LogP contribution < -0.4 is 0 Å².